The molecule has 0 bridgehead atoms. The number of tetrazole rings is 1. The minimum atomic E-state index is -1.23. The molecule has 4 rings (SSSR count). The number of aliphatic carboxylic acids is 1. The number of β-lactam (4-membered cyclic amide) rings is 1. The highest BCUT2D eigenvalue weighted by atomic mass is 32.2. The molecule has 2 aromatic rings. The largest absolute Gasteiger partial charge is 0.477 e. The van der Waals surface area contributed by atoms with Gasteiger partial charge in [-0.2, -0.15) is 9.36 Å². The van der Waals surface area contributed by atoms with Crippen LogP contribution < -0.4 is 11.1 Å². The zero-order valence-electron chi connectivity index (χ0n) is 19.6. The van der Waals surface area contributed by atoms with Crippen molar-refractivity contribution in [2.45, 2.75) is 29.5 Å². The van der Waals surface area contributed by atoms with Crippen molar-refractivity contribution in [3.05, 3.63) is 17.1 Å². The second-order valence-electron chi connectivity index (χ2n) is 7.52. The van der Waals surface area contributed by atoms with E-state index in [9.17, 15) is 19.5 Å². The molecule has 19 heteroatoms. The molecule has 1 saturated heterocycles. The van der Waals surface area contributed by atoms with Crippen molar-refractivity contribution < 1.29 is 29.1 Å². The van der Waals surface area contributed by atoms with Gasteiger partial charge in [0.2, 0.25) is 16.7 Å². The van der Waals surface area contributed by atoms with Crippen molar-refractivity contribution in [1.82, 2.24) is 39.8 Å². The fourth-order valence-corrected chi connectivity index (χ4v) is 6.38. The number of amides is 2. The monoisotopic (exact) mass is 570 g/mol. The Labute approximate surface area is 222 Å². The smallest absolute Gasteiger partial charge is 0.352 e. The highest BCUT2D eigenvalue weighted by Crippen LogP contribution is 2.41. The van der Waals surface area contributed by atoms with Crippen LogP contribution in [0.2, 0.25) is 0 Å². The average Bonchev–Trinajstić information content (AvgIpc) is 3.52. The second kappa shape index (κ2) is 11.8. The maximum absolute atomic E-state index is 13.0. The molecule has 2 aromatic heterocycles. The number of nitrogen functional groups attached to an aromatic ring is 1. The van der Waals surface area contributed by atoms with E-state index in [1.165, 1.54) is 35.5 Å². The fraction of sp³-hybridized carbons (Fsp3) is 0.500. The summed E-state index contributed by atoms with van der Waals surface area (Å²) < 4.78 is 10.6. The third-order valence-electron chi connectivity index (χ3n) is 5.18. The fourth-order valence-electron chi connectivity index (χ4n) is 3.56. The van der Waals surface area contributed by atoms with Crippen molar-refractivity contribution in [2.75, 3.05) is 38.1 Å². The van der Waals surface area contributed by atoms with Crippen LogP contribution in [-0.4, -0.2) is 107 Å². The zero-order chi connectivity index (χ0) is 26.5. The number of carboxylic acids is 1. The van der Waals surface area contributed by atoms with E-state index in [0.717, 1.165) is 11.5 Å². The first-order valence-electron chi connectivity index (χ1n) is 10.6. The molecule has 0 radical (unpaired) electrons. The number of hydrogen-bond acceptors (Lipinski definition) is 15. The lowest BCUT2D eigenvalue weighted by molar-refractivity contribution is -0.150. The molecule has 2 atom stereocenters. The predicted molar refractivity (Wildman–Crippen MR) is 133 cm³/mol. The van der Waals surface area contributed by atoms with Gasteiger partial charge in [-0.25, -0.2) is 9.48 Å². The Balaban J connectivity index is 1.45. The van der Waals surface area contributed by atoms with E-state index < -0.39 is 29.2 Å². The lowest BCUT2D eigenvalue weighted by Crippen LogP contribution is -2.71. The molecule has 2 amide bonds. The number of nitrogens with one attached hydrogen (secondary N) is 1. The molecule has 2 aliphatic rings. The number of aryl methyl sites for hydroxylation is 1. The highest BCUT2D eigenvalue weighted by molar-refractivity contribution is 8.01. The molecule has 0 aromatic carbocycles. The number of thioether (sulfide) groups is 2. The van der Waals surface area contributed by atoms with Crippen molar-refractivity contribution in [3.8, 4) is 0 Å². The summed E-state index contributed by atoms with van der Waals surface area (Å²) in [5.74, 6) is -1.98. The Morgan fingerprint density at radius 1 is 1.38 bits per heavy atom. The summed E-state index contributed by atoms with van der Waals surface area (Å²) in [4.78, 5) is 47.7. The van der Waals surface area contributed by atoms with Gasteiger partial charge in [-0.15, -0.1) is 16.9 Å². The summed E-state index contributed by atoms with van der Waals surface area (Å²) in [6.07, 6.45) is 0.716. The van der Waals surface area contributed by atoms with Gasteiger partial charge in [0.15, 0.2) is 5.13 Å². The van der Waals surface area contributed by atoms with Crippen molar-refractivity contribution in [2.24, 2.45) is 5.16 Å². The van der Waals surface area contributed by atoms with Crippen molar-refractivity contribution in [3.63, 3.8) is 0 Å². The maximum Gasteiger partial charge on any atom is 0.352 e. The molecule has 1 unspecified atom stereocenters. The molecule has 2 aliphatic heterocycles. The number of carbonyl (C=O) groups is 3. The van der Waals surface area contributed by atoms with Crippen LogP contribution >= 0.6 is 35.1 Å². The summed E-state index contributed by atoms with van der Waals surface area (Å²) in [5.41, 5.74) is 5.77. The summed E-state index contributed by atoms with van der Waals surface area (Å²) in [7, 11) is 2.86. The number of rotatable bonds is 12. The molecule has 198 valence electrons. The number of fused-ring (bicyclic) bond motifs is 1. The van der Waals surface area contributed by atoms with Crippen LogP contribution in [0.3, 0.4) is 0 Å². The van der Waals surface area contributed by atoms with E-state index >= 15 is 0 Å². The van der Waals surface area contributed by atoms with E-state index in [4.69, 9.17) is 15.3 Å². The molecule has 1 fully saturated rings. The molecular formula is C18H22N10O6S3. The van der Waals surface area contributed by atoms with Gasteiger partial charge in [-0.1, -0.05) is 16.9 Å². The van der Waals surface area contributed by atoms with Crippen LogP contribution in [0.25, 0.3) is 0 Å². The molecular weight excluding hydrogens is 548 g/mol. The van der Waals surface area contributed by atoms with Gasteiger partial charge in [-0.3, -0.25) is 14.5 Å². The molecule has 37 heavy (non-hydrogen) atoms. The summed E-state index contributed by atoms with van der Waals surface area (Å²) in [6, 6.07) is -0.966. The summed E-state index contributed by atoms with van der Waals surface area (Å²) in [6.45, 7) is 1.10. The number of hydrogen-bond donors (Lipinski definition) is 3. The summed E-state index contributed by atoms with van der Waals surface area (Å²) in [5, 5.41) is 27.8. The molecule has 0 saturated carbocycles. The average molecular weight is 571 g/mol. The number of methoxy groups -OCH3 is 1. The Morgan fingerprint density at radius 3 is 2.86 bits per heavy atom. The number of oxime groups is 1. The molecule has 4 heterocycles. The van der Waals surface area contributed by atoms with E-state index in [2.05, 4.69) is 35.4 Å². The van der Waals surface area contributed by atoms with Crippen LogP contribution in [0.15, 0.2) is 21.6 Å². The molecule has 0 aliphatic carbocycles. The first-order chi connectivity index (χ1) is 17.8. The molecule has 0 spiro atoms. The quantitative estimate of drug-likeness (QED) is 0.0920. The van der Waals surface area contributed by atoms with Gasteiger partial charge in [0, 0.05) is 43.3 Å². The SMILES string of the molecule is COCCCn1nnnc1SCC1=C(C(=O)O)N2C(=O)C(NC(=O)/C(=N/OC)c3nsc(N)n3)[C@H]2SC1. The lowest BCUT2D eigenvalue weighted by atomic mass is 10.0. The maximum atomic E-state index is 13.0. The lowest BCUT2D eigenvalue weighted by Gasteiger charge is -2.49. The Bertz CT molecular complexity index is 1250. The molecule has 16 nitrogen and oxygen atoms in total. The van der Waals surface area contributed by atoms with E-state index in [1.807, 2.05) is 0 Å². The number of ether oxygens (including phenoxy) is 1. The van der Waals surface area contributed by atoms with Crippen LogP contribution in [0, 0.1) is 0 Å². The van der Waals surface area contributed by atoms with Crippen LogP contribution in [0.4, 0.5) is 5.13 Å². The van der Waals surface area contributed by atoms with Crippen LogP contribution in [0.1, 0.15) is 12.2 Å². The Hall–Kier alpha value is -3.29. The first-order valence-corrected chi connectivity index (χ1v) is 13.5. The predicted octanol–water partition coefficient (Wildman–Crippen LogP) is -0.975. The number of aromatic nitrogens is 6. The van der Waals surface area contributed by atoms with Crippen LogP contribution in [0.5, 0.6) is 0 Å². The minimum Gasteiger partial charge on any atom is -0.477 e. The minimum absolute atomic E-state index is 0.0447. The van der Waals surface area contributed by atoms with Gasteiger partial charge in [0.25, 0.3) is 11.8 Å². The summed E-state index contributed by atoms with van der Waals surface area (Å²) >= 11 is 3.49. The van der Waals surface area contributed by atoms with E-state index in [1.54, 1.807) is 11.8 Å². The molecule has 4 N–H and O–H groups in total. The number of carbonyl (C=O) groups excluding carboxylic acids is 2. The number of anilines is 1. The Morgan fingerprint density at radius 2 is 2.19 bits per heavy atom. The standard InChI is InChI=1S/C18H22N10O6S3/c1-33-5-3-4-27-18(22-25-26-27)36-7-8-6-35-15-10(14(30)28(15)11(8)16(31)32)20-13(29)9(23-34-2)12-21-17(19)37-24-12/h10,15H,3-7H2,1-2H3,(H,20,29)(H,31,32)(H2,19,21,24)/b23-9+/t10?,15-/m1/s1. The number of carboxylic acid groups (broad SMARTS) is 1. The third kappa shape index (κ3) is 5.68. The number of nitrogens with zero attached hydrogens (tertiary/aromatic N) is 8. The van der Waals surface area contributed by atoms with Crippen molar-refractivity contribution in [1.29, 1.82) is 0 Å². The zero-order valence-corrected chi connectivity index (χ0v) is 22.0. The van der Waals surface area contributed by atoms with Gasteiger partial charge in [-0.05, 0) is 22.4 Å². The number of nitrogens with two attached hydrogens (primary N) is 1. The van der Waals surface area contributed by atoms with E-state index in [-0.39, 0.29) is 28.1 Å². The van der Waals surface area contributed by atoms with Crippen LogP contribution in [-0.2, 0) is 30.5 Å². The van der Waals surface area contributed by atoms with Crippen molar-refractivity contribution >= 4 is 63.7 Å². The highest BCUT2D eigenvalue weighted by Gasteiger charge is 2.54. The van der Waals surface area contributed by atoms with Gasteiger partial charge < -0.3 is 25.7 Å². The first kappa shape index (κ1) is 26.8. The van der Waals surface area contributed by atoms with Gasteiger partial charge >= 0.3 is 5.97 Å². The second-order valence-corrected chi connectivity index (χ2v) is 10.3. The van der Waals surface area contributed by atoms with Gasteiger partial charge in [0.1, 0.15) is 24.2 Å². The van der Waals surface area contributed by atoms with E-state index in [0.29, 0.717) is 36.1 Å². The third-order valence-corrected chi connectivity index (χ3v) is 8.11. The Kier molecular flexibility index (Phi) is 8.56. The topological polar surface area (TPSA) is 213 Å². The normalized spacial score (nSPS) is 19.5. The van der Waals surface area contributed by atoms with Gasteiger partial charge in [0.05, 0.1) is 0 Å².